The van der Waals surface area contributed by atoms with E-state index in [-0.39, 0.29) is 18.2 Å². The molecule has 0 aliphatic carbocycles. The molecule has 0 aromatic carbocycles. The fourth-order valence-electron chi connectivity index (χ4n) is 1.54. The molecule has 0 saturated carbocycles. The van der Waals surface area contributed by atoms with Gasteiger partial charge in [-0.1, -0.05) is 0 Å². The van der Waals surface area contributed by atoms with Crippen LogP contribution in [0.1, 0.15) is 12.8 Å². The van der Waals surface area contributed by atoms with Gasteiger partial charge < -0.3 is 14.2 Å². The highest BCUT2D eigenvalue weighted by Gasteiger charge is 2.51. The first-order valence-electron chi connectivity index (χ1n) is 4.15. The van der Waals surface area contributed by atoms with Gasteiger partial charge in [0.05, 0.1) is 19.8 Å². The van der Waals surface area contributed by atoms with E-state index in [1.165, 1.54) is 7.11 Å². The molecule has 0 spiro atoms. The van der Waals surface area contributed by atoms with Crippen LogP contribution in [0.15, 0.2) is 0 Å². The molecular weight excluding hydrogens is 160 g/mol. The molecule has 0 aromatic heterocycles. The van der Waals surface area contributed by atoms with Gasteiger partial charge in [0.15, 0.2) is 0 Å². The van der Waals surface area contributed by atoms with E-state index in [4.69, 9.17) is 9.47 Å². The van der Waals surface area contributed by atoms with Crippen LogP contribution in [-0.2, 0) is 19.0 Å². The molecule has 2 aliphatic rings. The summed E-state index contributed by atoms with van der Waals surface area (Å²) in [6.45, 7) is 0.691. The average Bonchev–Trinajstić information content (AvgIpc) is 2.77. The Bertz CT molecular complexity index is 191. The molecule has 2 saturated heterocycles. The first-order valence-corrected chi connectivity index (χ1v) is 4.15. The monoisotopic (exact) mass is 172 g/mol. The summed E-state index contributed by atoms with van der Waals surface area (Å²) in [6, 6.07) is 0. The largest absolute Gasteiger partial charge is 0.469 e. The van der Waals surface area contributed by atoms with Crippen molar-refractivity contribution in [2.24, 2.45) is 0 Å². The minimum absolute atomic E-state index is 0.120. The van der Waals surface area contributed by atoms with Gasteiger partial charge in [0.2, 0.25) is 0 Å². The highest BCUT2D eigenvalue weighted by molar-refractivity contribution is 5.69. The lowest BCUT2D eigenvalue weighted by atomic mass is 10.1. The molecule has 68 valence electrons. The molecule has 0 bridgehead atoms. The minimum atomic E-state index is -0.178. The maximum absolute atomic E-state index is 10.8. The molecule has 0 unspecified atom stereocenters. The smallest absolute Gasteiger partial charge is 0.305 e. The fourth-order valence-corrected chi connectivity index (χ4v) is 1.54. The van der Waals surface area contributed by atoms with E-state index in [0.29, 0.717) is 25.6 Å². The van der Waals surface area contributed by atoms with Gasteiger partial charge in [-0.25, -0.2) is 0 Å². The lowest BCUT2D eigenvalue weighted by molar-refractivity contribution is -0.141. The van der Waals surface area contributed by atoms with Crippen molar-refractivity contribution >= 4 is 5.97 Å². The number of fused-ring (bicyclic) bond motifs is 1. The van der Waals surface area contributed by atoms with Gasteiger partial charge >= 0.3 is 5.97 Å². The van der Waals surface area contributed by atoms with Crippen molar-refractivity contribution in [3.63, 3.8) is 0 Å². The van der Waals surface area contributed by atoms with Gasteiger partial charge in [-0.05, 0) is 6.42 Å². The number of carbonyl (C=O) groups is 1. The van der Waals surface area contributed by atoms with Crippen molar-refractivity contribution in [3.05, 3.63) is 0 Å². The second-order valence-electron chi connectivity index (χ2n) is 3.13. The third-order valence-electron chi connectivity index (χ3n) is 2.32. The minimum Gasteiger partial charge on any atom is -0.469 e. The predicted molar refractivity (Wildman–Crippen MR) is 39.7 cm³/mol. The van der Waals surface area contributed by atoms with Gasteiger partial charge in [0, 0.05) is 6.42 Å². The van der Waals surface area contributed by atoms with Crippen LogP contribution in [0.2, 0.25) is 0 Å². The topological polar surface area (TPSA) is 48.1 Å². The van der Waals surface area contributed by atoms with Gasteiger partial charge in [0.1, 0.15) is 12.2 Å². The van der Waals surface area contributed by atoms with Crippen LogP contribution in [0.5, 0.6) is 0 Å². The molecular formula is C8H12O4. The second-order valence-corrected chi connectivity index (χ2v) is 3.13. The summed E-state index contributed by atoms with van der Waals surface area (Å²) >= 11 is 0. The number of hydrogen-bond acceptors (Lipinski definition) is 4. The average molecular weight is 172 g/mol. The van der Waals surface area contributed by atoms with E-state index >= 15 is 0 Å². The zero-order valence-electron chi connectivity index (χ0n) is 6.99. The van der Waals surface area contributed by atoms with Crippen LogP contribution in [0.3, 0.4) is 0 Å². The highest BCUT2D eigenvalue weighted by Crippen LogP contribution is 2.36. The molecule has 4 nitrogen and oxygen atoms in total. The van der Waals surface area contributed by atoms with Crippen LogP contribution in [0.25, 0.3) is 0 Å². The third-order valence-corrected chi connectivity index (χ3v) is 2.32. The van der Waals surface area contributed by atoms with E-state index in [2.05, 4.69) is 4.74 Å². The molecule has 0 N–H and O–H groups in total. The van der Waals surface area contributed by atoms with E-state index in [9.17, 15) is 4.79 Å². The molecule has 2 heterocycles. The van der Waals surface area contributed by atoms with Crippen LogP contribution in [0, 0.1) is 0 Å². The Hall–Kier alpha value is -0.610. The molecule has 2 rings (SSSR count). The zero-order valence-corrected chi connectivity index (χ0v) is 6.99. The summed E-state index contributed by atoms with van der Waals surface area (Å²) in [6.07, 6.45) is 1.83. The molecule has 4 heteroatoms. The summed E-state index contributed by atoms with van der Waals surface area (Å²) < 4.78 is 15.2. The van der Waals surface area contributed by atoms with Crippen molar-refractivity contribution in [1.82, 2.24) is 0 Å². The molecule has 3 atom stereocenters. The van der Waals surface area contributed by atoms with Crippen molar-refractivity contribution in [3.8, 4) is 0 Å². The number of epoxide rings is 1. The number of rotatable bonds is 3. The van der Waals surface area contributed by atoms with Gasteiger partial charge in [0.25, 0.3) is 0 Å². The zero-order chi connectivity index (χ0) is 8.55. The SMILES string of the molecule is COC(=O)CC[C@@H]1OC[C@H]2O[C@@H]12. The number of esters is 1. The van der Waals surface area contributed by atoms with E-state index in [1.807, 2.05) is 0 Å². The maximum Gasteiger partial charge on any atom is 0.305 e. The number of carbonyl (C=O) groups excluding carboxylic acids is 1. The quantitative estimate of drug-likeness (QED) is 0.447. The van der Waals surface area contributed by atoms with Gasteiger partial charge in [-0.2, -0.15) is 0 Å². The van der Waals surface area contributed by atoms with Crippen molar-refractivity contribution in [2.75, 3.05) is 13.7 Å². The lowest BCUT2D eigenvalue weighted by Gasteiger charge is -2.09. The number of hydrogen-bond donors (Lipinski definition) is 0. The summed E-state index contributed by atoms with van der Waals surface area (Å²) in [7, 11) is 1.40. The van der Waals surface area contributed by atoms with Crippen molar-refractivity contribution < 1.29 is 19.0 Å². The molecule has 0 amide bonds. The first-order chi connectivity index (χ1) is 5.81. The van der Waals surface area contributed by atoms with E-state index in [0.717, 1.165) is 0 Å². The molecule has 0 radical (unpaired) electrons. The second kappa shape index (κ2) is 3.03. The molecule has 2 aliphatic heterocycles. The summed E-state index contributed by atoms with van der Waals surface area (Å²) in [4.78, 5) is 10.8. The lowest BCUT2D eigenvalue weighted by Crippen LogP contribution is -2.16. The standard InChI is InChI=1S/C8H12O4/c1-10-7(9)3-2-5-8-6(12-8)4-11-5/h5-6,8H,2-4H2,1H3/t5-,6+,8-/m0/s1. The van der Waals surface area contributed by atoms with Gasteiger partial charge in [-0.15, -0.1) is 0 Å². The Kier molecular flexibility index (Phi) is 2.02. The normalized spacial score (nSPS) is 37.6. The van der Waals surface area contributed by atoms with Gasteiger partial charge in [-0.3, -0.25) is 4.79 Å². The van der Waals surface area contributed by atoms with E-state index < -0.39 is 0 Å². The summed E-state index contributed by atoms with van der Waals surface area (Å²) in [5.41, 5.74) is 0. The number of ether oxygens (including phenoxy) is 3. The van der Waals surface area contributed by atoms with Crippen LogP contribution >= 0.6 is 0 Å². The Morgan fingerprint density at radius 2 is 2.50 bits per heavy atom. The Labute approximate surface area is 70.8 Å². The predicted octanol–water partition coefficient (Wildman–Crippen LogP) is 0.106. The van der Waals surface area contributed by atoms with Crippen LogP contribution in [-0.4, -0.2) is 38.0 Å². The molecule has 0 aromatic rings. The van der Waals surface area contributed by atoms with Crippen LogP contribution < -0.4 is 0 Å². The summed E-state index contributed by atoms with van der Waals surface area (Å²) in [5, 5.41) is 0. The number of methoxy groups -OCH3 is 1. The van der Waals surface area contributed by atoms with E-state index in [1.54, 1.807) is 0 Å². The Morgan fingerprint density at radius 1 is 1.67 bits per heavy atom. The molecule has 2 fully saturated rings. The fraction of sp³-hybridized carbons (Fsp3) is 0.875. The maximum atomic E-state index is 10.8. The van der Waals surface area contributed by atoms with Crippen molar-refractivity contribution in [1.29, 1.82) is 0 Å². The Balaban J connectivity index is 1.69. The molecule has 12 heavy (non-hydrogen) atoms. The highest BCUT2D eigenvalue weighted by atomic mass is 16.7. The first kappa shape index (κ1) is 8.01. The third kappa shape index (κ3) is 1.44. The Morgan fingerprint density at radius 3 is 3.00 bits per heavy atom. The van der Waals surface area contributed by atoms with Crippen molar-refractivity contribution in [2.45, 2.75) is 31.2 Å². The van der Waals surface area contributed by atoms with Crippen LogP contribution in [0.4, 0.5) is 0 Å². The summed E-state index contributed by atoms with van der Waals surface area (Å²) in [5.74, 6) is -0.178.